The van der Waals surface area contributed by atoms with Crippen LogP contribution in [0.5, 0.6) is 5.75 Å². The number of ether oxygens (including phenoxy) is 2. The molecule has 0 saturated carbocycles. The third-order valence-electron chi connectivity index (χ3n) is 5.48. The number of carbonyl (C=O) groups excluding carboxylic acids is 2. The predicted octanol–water partition coefficient (Wildman–Crippen LogP) is 5.93. The number of Topliss-reactive ketones (excluding diaryl/α,β-unsaturated/α-hetero) is 1. The smallest absolute Gasteiger partial charge is 0.306 e. The second-order valence-electron chi connectivity index (χ2n) is 8.15. The first-order valence-electron chi connectivity index (χ1n) is 10.5. The fourth-order valence-corrected chi connectivity index (χ4v) is 3.70. The molecule has 0 amide bonds. The molecule has 0 spiro atoms. The van der Waals surface area contributed by atoms with Gasteiger partial charge in [-0.15, -0.1) is 0 Å². The van der Waals surface area contributed by atoms with Crippen LogP contribution < -0.4 is 4.74 Å². The van der Waals surface area contributed by atoms with E-state index in [0.717, 1.165) is 28.0 Å². The number of methoxy groups -OCH3 is 2. The van der Waals surface area contributed by atoms with Gasteiger partial charge in [-0.05, 0) is 69.9 Å². The van der Waals surface area contributed by atoms with Crippen molar-refractivity contribution in [2.24, 2.45) is 0 Å². The quantitative estimate of drug-likeness (QED) is 0.425. The van der Waals surface area contributed by atoms with Crippen molar-refractivity contribution in [1.29, 1.82) is 0 Å². The van der Waals surface area contributed by atoms with E-state index in [2.05, 4.69) is 19.6 Å². The molecular weight excluding hydrogens is 408 g/mol. The summed E-state index contributed by atoms with van der Waals surface area (Å²) in [6, 6.07) is 12.0. The maximum absolute atomic E-state index is 13.0. The van der Waals surface area contributed by atoms with Gasteiger partial charge in [0.1, 0.15) is 5.75 Å². The topological polar surface area (TPSA) is 52.6 Å². The zero-order valence-electron chi connectivity index (χ0n) is 20.0. The summed E-state index contributed by atoms with van der Waals surface area (Å²) in [5.74, 6) is -0.00662. The molecule has 0 bridgehead atoms. The fourth-order valence-electron chi connectivity index (χ4n) is 3.54. The molecule has 170 valence electrons. The minimum absolute atomic E-state index is 0.0289. The van der Waals surface area contributed by atoms with Crippen LogP contribution >= 0.6 is 12.6 Å². The molecule has 2 unspecified atom stereocenters. The summed E-state index contributed by atoms with van der Waals surface area (Å²) < 4.78 is 8.99. The molecule has 0 fully saturated rings. The maximum atomic E-state index is 13.0. The lowest BCUT2D eigenvalue weighted by Gasteiger charge is -2.28. The van der Waals surface area contributed by atoms with Gasteiger partial charge in [-0.25, -0.2) is 0 Å². The van der Waals surface area contributed by atoms with Crippen molar-refractivity contribution in [2.45, 2.75) is 65.0 Å². The van der Waals surface area contributed by atoms with Crippen LogP contribution in [0.1, 0.15) is 60.4 Å². The number of esters is 1. The van der Waals surface area contributed by atoms with Gasteiger partial charge in [-0.1, -0.05) is 42.3 Å². The first kappa shape index (κ1) is 26.8. The fraction of sp³-hybridized carbons (Fsp3) is 0.462. The van der Waals surface area contributed by atoms with Crippen molar-refractivity contribution < 1.29 is 19.1 Å². The van der Waals surface area contributed by atoms with Crippen LogP contribution in [0.25, 0.3) is 0 Å². The van der Waals surface area contributed by atoms with E-state index in [-0.39, 0.29) is 18.2 Å². The van der Waals surface area contributed by atoms with Crippen molar-refractivity contribution in [2.75, 3.05) is 14.2 Å². The molecule has 0 saturated heterocycles. The van der Waals surface area contributed by atoms with E-state index >= 15 is 0 Å². The van der Waals surface area contributed by atoms with E-state index in [0.29, 0.717) is 6.42 Å². The third kappa shape index (κ3) is 7.73. The van der Waals surface area contributed by atoms with Gasteiger partial charge in [-0.3, -0.25) is 9.59 Å². The molecule has 2 atom stereocenters. The van der Waals surface area contributed by atoms with Crippen LogP contribution in [0.3, 0.4) is 0 Å². The molecule has 0 aliphatic carbocycles. The molecule has 0 heterocycles. The minimum atomic E-state index is -0.761. The zero-order valence-corrected chi connectivity index (χ0v) is 20.9. The standard InChI is InChI=1S/C18H26O3S.C8H10O/c1-7-18(5,22)17(20)14(10-15(19)21-6)16-12(3)8-11(2)9-13(16)4;1-7-3-5-8(9-2)6-4-7/h8-9,14,22H,7,10H2,1-6H3;3-6H,1-2H3. The number of rotatable bonds is 7. The van der Waals surface area contributed by atoms with E-state index in [4.69, 9.17) is 9.47 Å². The van der Waals surface area contributed by atoms with Gasteiger partial charge in [0, 0.05) is 0 Å². The van der Waals surface area contributed by atoms with Crippen molar-refractivity contribution in [1.82, 2.24) is 0 Å². The lowest BCUT2D eigenvalue weighted by atomic mass is 9.80. The molecule has 0 aromatic heterocycles. The molecule has 4 nitrogen and oxygen atoms in total. The normalized spacial score (nSPS) is 13.3. The summed E-state index contributed by atoms with van der Waals surface area (Å²) in [6.45, 7) is 11.8. The maximum Gasteiger partial charge on any atom is 0.306 e. The number of benzene rings is 2. The first-order valence-corrected chi connectivity index (χ1v) is 10.9. The second kappa shape index (κ2) is 11.9. The number of ketones is 1. The number of hydrogen-bond acceptors (Lipinski definition) is 5. The van der Waals surface area contributed by atoms with E-state index < -0.39 is 10.7 Å². The molecule has 0 radical (unpaired) electrons. The van der Waals surface area contributed by atoms with E-state index in [1.54, 1.807) is 7.11 Å². The minimum Gasteiger partial charge on any atom is -0.497 e. The van der Waals surface area contributed by atoms with Crippen molar-refractivity contribution >= 4 is 24.4 Å². The molecule has 2 aromatic rings. The Labute approximate surface area is 192 Å². The lowest BCUT2D eigenvalue weighted by molar-refractivity contribution is -0.142. The van der Waals surface area contributed by atoms with Gasteiger partial charge < -0.3 is 9.47 Å². The highest BCUT2D eigenvalue weighted by molar-refractivity contribution is 7.82. The van der Waals surface area contributed by atoms with Crippen LogP contribution in [-0.4, -0.2) is 30.7 Å². The molecule has 0 N–H and O–H groups in total. The molecule has 0 aliphatic heterocycles. The molecule has 2 rings (SSSR count). The van der Waals surface area contributed by atoms with Crippen LogP contribution in [0.4, 0.5) is 0 Å². The summed E-state index contributed by atoms with van der Waals surface area (Å²) in [5, 5.41) is 0. The second-order valence-corrected chi connectivity index (χ2v) is 9.14. The van der Waals surface area contributed by atoms with E-state index in [9.17, 15) is 9.59 Å². The van der Waals surface area contributed by atoms with Gasteiger partial charge in [-0.2, -0.15) is 12.6 Å². The molecule has 31 heavy (non-hydrogen) atoms. The Morgan fingerprint density at radius 3 is 1.90 bits per heavy atom. The molecular formula is C26H36O4S. The van der Waals surface area contributed by atoms with Crippen molar-refractivity contribution in [3.63, 3.8) is 0 Å². The Hall–Kier alpha value is -2.27. The monoisotopic (exact) mass is 444 g/mol. The average molecular weight is 445 g/mol. The van der Waals surface area contributed by atoms with Gasteiger partial charge >= 0.3 is 5.97 Å². The van der Waals surface area contributed by atoms with Gasteiger partial charge in [0.2, 0.25) is 0 Å². The highest BCUT2D eigenvalue weighted by Gasteiger charge is 2.36. The van der Waals surface area contributed by atoms with Crippen LogP contribution in [0.2, 0.25) is 0 Å². The number of hydrogen-bond donors (Lipinski definition) is 1. The number of thiol groups is 1. The van der Waals surface area contributed by atoms with Gasteiger partial charge in [0.15, 0.2) is 5.78 Å². The van der Waals surface area contributed by atoms with Crippen LogP contribution in [0.15, 0.2) is 36.4 Å². The zero-order chi connectivity index (χ0) is 23.8. The molecule has 5 heteroatoms. The average Bonchev–Trinajstić information content (AvgIpc) is 2.72. The summed E-state index contributed by atoms with van der Waals surface area (Å²) in [4.78, 5) is 24.8. The van der Waals surface area contributed by atoms with E-state index in [1.807, 2.05) is 71.0 Å². The predicted molar refractivity (Wildman–Crippen MR) is 130 cm³/mol. The Balaban J connectivity index is 0.000000442. The summed E-state index contributed by atoms with van der Waals surface area (Å²) in [7, 11) is 3.02. The summed E-state index contributed by atoms with van der Waals surface area (Å²) in [6.07, 6.45) is 0.660. The van der Waals surface area contributed by atoms with Gasteiger partial charge in [0.25, 0.3) is 0 Å². The lowest BCUT2D eigenvalue weighted by Crippen LogP contribution is -2.35. The van der Waals surface area contributed by atoms with E-state index in [1.165, 1.54) is 12.7 Å². The third-order valence-corrected chi connectivity index (χ3v) is 6.01. The Bertz CT molecular complexity index is 862. The van der Waals surface area contributed by atoms with Crippen molar-refractivity contribution in [3.05, 3.63) is 64.2 Å². The van der Waals surface area contributed by atoms with Crippen LogP contribution in [0, 0.1) is 27.7 Å². The Morgan fingerprint density at radius 1 is 0.968 bits per heavy atom. The molecule has 0 aliphatic rings. The highest BCUT2D eigenvalue weighted by atomic mass is 32.1. The van der Waals surface area contributed by atoms with Gasteiger partial charge in [0.05, 0.1) is 31.3 Å². The Kier molecular flexibility index (Phi) is 10.3. The number of aryl methyl sites for hydroxylation is 4. The van der Waals surface area contributed by atoms with Crippen LogP contribution in [-0.2, 0) is 14.3 Å². The number of carbonyl (C=O) groups is 2. The summed E-state index contributed by atoms with van der Waals surface area (Å²) in [5.41, 5.74) is 5.39. The Morgan fingerprint density at radius 2 is 1.48 bits per heavy atom. The summed E-state index contributed by atoms with van der Waals surface area (Å²) >= 11 is 4.51. The van der Waals surface area contributed by atoms with Crippen molar-refractivity contribution in [3.8, 4) is 5.75 Å². The largest absolute Gasteiger partial charge is 0.497 e. The SMILES string of the molecule is CCC(C)(S)C(=O)C(CC(=O)OC)c1c(C)cc(C)cc1C.COc1ccc(C)cc1. The highest BCUT2D eigenvalue weighted by Crippen LogP contribution is 2.35. The first-order chi connectivity index (χ1) is 14.5. The molecule has 2 aromatic carbocycles.